The summed E-state index contributed by atoms with van der Waals surface area (Å²) in [7, 11) is 0. The minimum atomic E-state index is -0.524. The molecule has 506 valence electrons. The van der Waals surface area contributed by atoms with Crippen molar-refractivity contribution in [2.45, 2.75) is 131 Å². The number of para-hydroxylation sites is 3. The fourth-order valence-corrected chi connectivity index (χ4v) is 15.8. The predicted octanol–water partition coefficient (Wildman–Crippen LogP) is 25.6. The zero-order valence-corrected chi connectivity index (χ0v) is 61.7. The first-order valence-electron chi connectivity index (χ1n) is 40.3. The van der Waals surface area contributed by atoms with Gasteiger partial charge in [0.25, 0.3) is 6.71 Å². The number of anilines is 6. The van der Waals surface area contributed by atoms with Crippen molar-refractivity contribution in [3.8, 4) is 61.3 Å². The van der Waals surface area contributed by atoms with Crippen LogP contribution in [0.2, 0.25) is 0 Å². The van der Waals surface area contributed by atoms with Gasteiger partial charge in [0, 0.05) is 61.3 Å². The van der Waals surface area contributed by atoms with E-state index in [1.54, 1.807) is 4.57 Å². The molecular formula is C98H90BN3O. The van der Waals surface area contributed by atoms with E-state index in [0.717, 1.165) is 117 Å². The van der Waals surface area contributed by atoms with Gasteiger partial charge in [0.2, 0.25) is 0 Å². The Morgan fingerprint density at radius 1 is 0.311 bits per heavy atom. The van der Waals surface area contributed by atoms with Crippen LogP contribution in [0.3, 0.4) is 0 Å². The molecule has 0 radical (unpaired) electrons. The molecule has 2 aliphatic heterocycles. The fraction of sp³-hybridized carbons (Fsp3) is 0.204. The van der Waals surface area contributed by atoms with Crippen LogP contribution in [0.4, 0.5) is 34.1 Å². The van der Waals surface area contributed by atoms with E-state index in [1.165, 1.54) is 27.8 Å². The molecular weight excluding hydrogens is 1250 g/mol. The Bertz CT molecular complexity index is 6200. The third kappa shape index (κ3) is 11.1. The van der Waals surface area contributed by atoms with Gasteiger partial charge in [-0.05, 0) is 183 Å². The summed E-state index contributed by atoms with van der Waals surface area (Å²) in [6, 6.07) is 78.7. The highest BCUT2D eigenvalue weighted by atomic mass is 16.3. The number of hydrogen-bond donors (Lipinski definition) is 0. The summed E-state index contributed by atoms with van der Waals surface area (Å²) in [5.74, 6) is 0. The van der Waals surface area contributed by atoms with E-state index in [4.69, 9.17) is 7.16 Å². The molecule has 0 N–H and O–H groups in total. The lowest BCUT2D eigenvalue weighted by Gasteiger charge is -2.46. The first-order valence-corrected chi connectivity index (χ1v) is 36.3. The van der Waals surface area contributed by atoms with Gasteiger partial charge in [-0.15, -0.1) is 0 Å². The van der Waals surface area contributed by atoms with Crippen molar-refractivity contribution in [2.75, 3.05) is 9.80 Å². The summed E-state index contributed by atoms with van der Waals surface area (Å²) in [4.78, 5) is 5.05. The Morgan fingerprint density at radius 2 is 0.718 bits per heavy atom. The van der Waals surface area contributed by atoms with E-state index in [1.807, 2.05) is 24.3 Å². The van der Waals surface area contributed by atoms with Crippen LogP contribution in [0.5, 0.6) is 0 Å². The van der Waals surface area contributed by atoms with Gasteiger partial charge in [-0.1, -0.05) is 304 Å². The molecule has 0 saturated carbocycles. The van der Waals surface area contributed by atoms with Crippen LogP contribution in [0, 0.1) is 0 Å². The monoisotopic (exact) mass is 1340 g/mol. The standard InChI is InChI=1S/C98H90BN3O/c1-94(2,3)68-49-65(50-69(56-68)95(4,5)6)64-43-46-80-84(53-64)101(92-78(62-33-21-17-22-34-62)58-72(98(13,14)15)59-79(92)63-35-23-18-24-36-63)86-54-67(66-51-70(96(7,8)9)57-71(52-66)97(10,11)12)55-87-91(86)99(80)81-47-44-73(100-82-40-28-25-37-75(82)76-38-26-29-41-83(76)100)60-85(81)102(87)93-74(61-31-19-16-20-32-61)45-48-89-90(93)77-39-27-30-42-88(77)103-89/h16-60H,1-15H3/i25D,26D,28D,29D,37D,38D,40D,41D. The highest BCUT2D eigenvalue weighted by molar-refractivity contribution is 7.00. The van der Waals surface area contributed by atoms with Gasteiger partial charge in [-0.2, -0.15) is 0 Å². The summed E-state index contributed by atoms with van der Waals surface area (Å²) in [6.45, 7) is 33.9. The maximum atomic E-state index is 9.90. The van der Waals surface area contributed by atoms with Crippen molar-refractivity contribution < 1.29 is 15.4 Å². The lowest BCUT2D eigenvalue weighted by Crippen LogP contribution is -2.61. The molecule has 0 spiro atoms. The number of aromatic nitrogens is 1. The maximum Gasteiger partial charge on any atom is 0.252 e. The zero-order chi connectivity index (χ0) is 78.4. The average molecular weight is 1340 g/mol. The Hall–Kier alpha value is -10.9. The Balaban J connectivity index is 1.12. The summed E-state index contributed by atoms with van der Waals surface area (Å²) >= 11 is 0. The second-order valence-corrected chi connectivity index (χ2v) is 33.6. The van der Waals surface area contributed by atoms with Crippen LogP contribution >= 0.6 is 0 Å². The Labute approximate surface area is 620 Å². The molecule has 0 aliphatic carbocycles. The third-order valence-corrected chi connectivity index (χ3v) is 21.5. The normalized spacial score (nSPS) is 14.4. The number of fused-ring (bicyclic) bond motifs is 10. The minimum Gasteiger partial charge on any atom is -0.456 e. The van der Waals surface area contributed by atoms with Gasteiger partial charge >= 0.3 is 0 Å². The van der Waals surface area contributed by atoms with E-state index in [-0.39, 0.29) is 61.0 Å². The molecule has 0 fully saturated rings. The summed E-state index contributed by atoms with van der Waals surface area (Å²) in [6.07, 6.45) is 0. The number of furan rings is 1. The molecule has 13 aromatic carbocycles. The summed E-state index contributed by atoms with van der Waals surface area (Å²) < 4.78 is 84.6. The fourth-order valence-electron chi connectivity index (χ4n) is 15.8. The molecule has 2 aliphatic rings. The predicted molar refractivity (Wildman–Crippen MR) is 443 cm³/mol. The van der Waals surface area contributed by atoms with Crippen LogP contribution in [0.25, 0.3) is 105 Å². The topological polar surface area (TPSA) is 24.6 Å². The second kappa shape index (κ2) is 23.9. The molecule has 0 bridgehead atoms. The van der Waals surface area contributed by atoms with E-state index in [0.29, 0.717) is 16.9 Å². The molecule has 0 saturated heterocycles. The molecule has 2 aromatic heterocycles. The van der Waals surface area contributed by atoms with Gasteiger partial charge in [-0.3, -0.25) is 0 Å². The second-order valence-electron chi connectivity index (χ2n) is 33.6. The number of benzene rings is 13. The quantitative estimate of drug-likeness (QED) is 0.142. The lowest BCUT2D eigenvalue weighted by atomic mass is 9.33. The number of hydrogen-bond acceptors (Lipinski definition) is 3. The molecule has 0 atom stereocenters. The summed E-state index contributed by atoms with van der Waals surface area (Å²) in [5.41, 5.74) is 25.4. The van der Waals surface area contributed by atoms with Crippen LogP contribution in [-0.4, -0.2) is 11.3 Å². The van der Waals surface area contributed by atoms with Crippen LogP contribution < -0.4 is 26.2 Å². The van der Waals surface area contributed by atoms with Gasteiger partial charge in [0.1, 0.15) is 11.2 Å². The number of rotatable bonds is 8. The Kier molecular flexibility index (Phi) is 13.1. The highest BCUT2D eigenvalue weighted by Gasteiger charge is 2.46. The smallest absolute Gasteiger partial charge is 0.252 e. The largest absolute Gasteiger partial charge is 0.456 e. The van der Waals surface area contributed by atoms with Gasteiger partial charge in [0.15, 0.2) is 0 Å². The van der Waals surface area contributed by atoms with E-state index in [9.17, 15) is 8.22 Å². The van der Waals surface area contributed by atoms with Crippen molar-refractivity contribution in [1.29, 1.82) is 0 Å². The van der Waals surface area contributed by atoms with Gasteiger partial charge in [-0.25, -0.2) is 0 Å². The van der Waals surface area contributed by atoms with E-state index < -0.39 is 43.0 Å². The summed E-state index contributed by atoms with van der Waals surface area (Å²) in [5, 5.41) is 1.78. The zero-order valence-electron chi connectivity index (χ0n) is 69.7. The SMILES string of the molecule is [2H]c1c([2H])c([2H])c2c(c1[2H])c1c([2H])c([2H])c([2H])c([2H])c1n2-c1ccc2c(c1)N(c1c(-c3ccccc3)ccc3oc4ccccc4c13)c1cc(-c3cc(C(C)(C)C)cc(C(C)(C)C)c3)cc3c1B2c1ccc(-c2cc(C(C)(C)C)cc(C(C)(C)C)c2)cc1N3c1c(-c2ccccc2)cc(C(C)(C)C)cc1-c1ccccc1. The first-order chi connectivity index (χ1) is 52.6. The van der Waals surface area contributed by atoms with Crippen LogP contribution in [0.15, 0.2) is 277 Å². The molecule has 17 rings (SSSR count). The number of nitrogens with zero attached hydrogens (tertiary/aromatic N) is 3. The highest BCUT2D eigenvalue weighted by Crippen LogP contribution is 2.56. The first kappa shape index (κ1) is 56.7. The molecule has 103 heavy (non-hydrogen) atoms. The molecule has 4 nitrogen and oxygen atoms in total. The minimum absolute atomic E-state index is 0.00496. The maximum absolute atomic E-state index is 9.90. The van der Waals surface area contributed by atoms with Crippen molar-refractivity contribution >= 4 is 101 Å². The van der Waals surface area contributed by atoms with Crippen molar-refractivity contribution in [3.05, 3.63) is 301 Å². The Morgan fingerprint density at radius 3 is 1.22 bits per heavy atom. The molecule has 0 amide bonds. The third-order valence-electron chi connectivity index (χ3n) is 21.5. The lowest BCUT2D eigenvalue weighted by molar-refractivity contribution is 0.568. The van der Waals surface area contributed by atoms with E-state index >= 15 is 0 Å². The van der Waals surface area contributed by atoms with Gasteiger partial charge in [0.05, 0.1) is 38.8 Å². The van der Waals surface area contributed by atoms with Crippen LogP contribution in [-0.2, 0) is 27.1 Å². The average Bonchev–Trinajstić information content (AvgIpc) is 1.43. The van der Waals surface area contributed by atoms with Crippen LogP contribution in [0.1, 0.15) is 143 Å². The molecule has 0 unspecified atom stereocenters. The molecule has 5 heteroatoms. The van der Waals surface area contributed by atoms with Crippen molar-refractivity contribution in [3.63, 3.8) is 0 Å². The van der Waals surface area contributed by atoms with Gasteiger partial charge < -0.3 is 18.8 Å². The van der Waals surface area contributed by atoms with E-state index in [2.05, 4.69) is 314 Å². The molecule has 15 aromatic rings. The van der Waals surface area contributed by atoms with Crippen molar-refractivity contribution in [1.82, 2.24) is 4.57 Å². The molecule has 4 heterocycles. The van der Waals surface area contributed by atoms with Crippen molar-refractivity contribution in [2.24, 2.45) is 0 Å².